The van der Waals surface area contributed by atoms with Crippen molar-refractivity contribution in [2.45, 2.75) is 21.3 Å². The van der Waals surface area contributed by atoms with Gasteiger partial charge in [-0.05, 0) is 0 Å². The summed E-state index contributed by atoms with van der Waals surface area (Å²) < 4.78 is 5.75. The minimum Gasteiger partial charge on any atom is -0.258 e. The summed E-state index contributed by atoms with van der Waals surface area (Å²) in [6, 6.07) is 7.93. The van der Waals surface area contributed by atoms with Crippen LogP contribution in [0.1, 0.15) is 22.6 Å². The summed E-state index contributed by atoms with van der Waals surface area (Å²) >= 11 is 0. The molecule has 68 valence electrons. The van der Waals surface area contributed by atoms with Crippen LogP contribution in [0.3, 0.4) is 0 Å². The summed E-state index contributed by atoms with van der Waals surface area (Å²) in [6.45, 7) is 4.00. The molecule has 0 saturated carbocycles. The second kappa shape index (κ2) is 7.72. The number of para-hydroxylation sites is 1. The quantitative estimate of drug-likeness (QED) is 0.479. The maximum atomic E-state index is 10.0. The van der Waals surface area contributed by atoms with Gasteiger partial charge >= 0.3 is 0 Å². The number of nitrogens with zero attached hydrogens (tertiary/aromatic N) is 1. The summed E-state index contributed by atoms with van der Waals surface area (Å²) in [5.41, 5.74) is 0.137. The molecule has 0 unspecified atom stereocenters. The zero-order valence-electron chi connectivity index (χ0n) is 8.65. The molecule has 0 atom stereocenters. The van der Waals surface area contributed by atoms with E-state index in [4.69, 9.17) is 1.37 Å². The monoisotopic (exact) mass is 170 g/mol. The van der Waals surface area contributed by atoms with E-state index in [0.29, 0.717) is 0 Å². The Hall–Kier alpha value is -1.38. The van der Waals surface area contributed by atoms with Crippen LogP contribution in [-0.2, 0) is 0 Å². The Morgan fingerprint density at radius 2 is 1.75 bits per heavy atom. The first kappa shape index (κ1) is 10.6. The maximum Gasteiger partial charge on any atom is 0.269 e. The van der Waals surface area contributed by atoms with Crippen LogP contribution in [-0.4, -0.2) is 4.92 Å². The van der Waals surface area contributed by atoms with Crippen LogP contribution in [0.4, 0.5) is 5.69 Å². The fourth-order valence-corrected chi connectivity index (χ4v) is 0.550. The minimum absolute atomic E-state index is 0.137. The zero-order valence-corrected chi connectivity index (χ0v) is 7.65. The largest absolute Gasteiger partial charge is 0.269 e. The zero-order chi connectivity index (χ0) is 10.7. The van der Waals surface area contributed by atoms with Gasteiger partial charge in [-0.15, -0.1) is 0 Å². The lowest BCUT2D eigenvalue weighted by atomic mass is 10.3. The van der Waals surface area contributed by atoms with Crippen molar-refractivity contribution in [1.82, 2.24) is 0 Å². The third kappa shape index (κ3) is 4.44. The first-order chi connectivity index (χ1) is 6.30. The Labute approximate surface area is 74.6 Å². The molecule has 0 amide bonds. The molecule has 3 nitrogen and oxygen atoms in total. The van der Waals surface area contributed by atoms with Gasteiger partial charge in [-0.2, -0.15) is 0 Å². The van der Waals surface area contributed by atoms with E-state index in [0.717, 1.165) is 0 Å². The van der Waals surface area contributed by atoms with Crippen molar-refractivity contribution >= 4 is 5.69 Å². The maximum absolute atomic E-state index is 10.0. The van der Waals surface area contributed by atoms with Crippen molar-refractivity contribution in [3.63, 3.8) is 0 Å². The summed E-state index contributed by atoms with van der Waals surface area (Å²) in [5.74, 6) is 0. The van der Waals surface area contributed by atoms with Gasteiger partial charge in [0.2, 0.25) is 0 Å². The fourth-order valence-electron chi connectivity index (χ4n) is 0.550. The van der Waals surface area contributed by atoms with Crippen LogP contribution in [0.5, 0.6) is 0 Å². The molecule has 0 aromatic heterocycles. The molecule has 0 aliphatic carbocycles. The second-order valence-electron chi connectivity index (χ2n) is 1.59. The van der Waals surface area contributed by atoms with Crippen LogP contribution in [0.2, 0.25) is 0 Å². The second-order valence-corrected chi connectivity index (χ2v) is 1.59. The number of non-ortho nitro benzene ring substituents is 1. The van der Waals surface area contributed by atoms with Crippen molar-refractivity contribution in [2.75, 3.05) is 0 Å². The molecule has 0 aliphatic rings. The number of rotatable bonds is 1. The number of hydrogen-bond acceptors (Lipinski definition) is 2. The van der Waals surface area contributed by atoms with Crippen LogP contribution >= 0.6 is 0 Å². The van der Waals surface area contributed by atoms with Crippen LogP contribution < -0.4 is 0 Å². The smallest absolute Gasteiger partial charge is 0.258 e. The Balaban J connectivity index is 0. The lowest BCUT2D eigenvalue weighted by Crippen LogP contribution is -1.84. The Kier molecular flexibility index (Phi) is 6.84. The molecule has 0 heterocycles. The van der Waals surface area contributed by atoms with Crippen LogP contribution in [0.15, 0.2) is 30.3 Å². The highest BCUT2D eigenvalue weighted by Gasteiger charge is 1.98. The molecule has 0 aliphatic heterocycles. The van der Waals surface area contributed by atoms with E-state index in [1.165, 1.54) is 19.5 Å². The summed E-state index contributed by atoms with van der Waals surface area (Å²) in [5, 5.41) is 10.0. The van der Waals surface area contributed by atoms with Crippen LogP contribution in [0, 0.1) is 10.1 Å². The lowest BCUT2D eigenvalue weighted by Gasteiger charge is -1.85. The summed E-state index contributed by atoms with van der Waals surface area (Å²) in [7, 11) is 1.25. The van der Waals surface area contributed by atoms with Crippen molar-refractivity contribution < 1.29 is 6.29 Å². The molecular weight excluding hydrogens is 154 g/mol. The normalized spacial score (nSPS) is 7.75. The van der Waals surface area contributed by atoms with Crippen molar-refractivity contribution in [2.24, 2.45) is 0 Å². The molecule has 0 fully saturated rings. The highest BCUT2D eigenvalue weighted by Crippen LogP contribution is 2.06. The third-order valence-electron chi connectivity index (χ3n) is 0.967. The van der Waals surface area contributed by atoms with Gasteiger partial charge < -0.3 is 0 Å². The van der Waals surface area contributed by atoms with E-state index in [1.54, 1.807) is 18.2 Å². The first-order valence-corrected chi connectivity index (χ1v) is 3.50. The van der Waals surface area contributed by atoms with E-state index < -0.39 is 4.92 Å². The van der Waals surface area contributed by atoms with Gasteiger partial charge in [0.15, 0.2) is 0 Å². The van der Waals surface area contributed by atoms with E-state index in [9.17, 15) is 10.1 Å². The average molecular weight is 170 g/mol. The van der Waals surface area contributed by atoms with E-state index in [1.807, 2.05) is 13.8 Å². The van der Waals surface area contributed by atoms with E-state index in [-0.39, 0.29) is 5.69 Å². The lowest BCUT2D eigenvalue weighted by molar-refractivity contribution is -0.384. The van der Waals surface area contributed by atoms with Crippen molar-refractivity contribution in [3.05, 3.63) is 40.4 Å². The van der Waals surface area contributed by atoms with Gasteiger partial charge in [0, 0.05) is 13.5 Å². The van der Waals surface area contributed by atoms with Gasteiger partial charge in [0.05, 0.1) is 4.92 Å². The molecule has 0 N–H and O–H groups in total. The molecule has 1 aromatic rings. The molecule has 0 radical (unpaired) electrons. The van der Waals surface area contributed by atoms with Crippen LogP contribution in [0.25, 0.3) is 0 Å². The van der Waals surface area contributed by atoms with Crippen molar-refractivity contribution in [3.8, 4) is 0 Å². The van der Waals surface area contributed by atoms with E-state index in [2.05, 4.69) is 0 Å². The predicted molar refractivity (Wildman–Crippen MR) is 51.2 cm³/mol. The van der Waals surface area contributed by atoms with Gasteiger partial charge in [-0.1, -0.05) is 39.4 Å². The Morgan fingerprint density at radius 1 is 1.33 bits per heavy atom. The number of benzene rings is 1. The first-order valence-electron chi connectivity index (χ1n) is 4.50. The van der Waals surface area contributed by atoms with Gasteiger partial charge in [0.25, 0.3) is 5.69 Å². The van der Waals surface area contributed by atoms with Gasteiger partial charge in [0.1, 0.15) is 0 Å². The molecular formula is C9H15NO2. The number of hydrogen-bond donors (Lipinski definition) is 0. The number of nitro groups is 1. The predicted octanol–water partition coefficient (Wildman–Crippen LogP) is 3.26. The molecule has 1 aromatic carbocycles. The third-order valence-corrected chi connectivity index (χ3v) is 0.967. The molecule has 0 saturated heterocycles. The number of nitro benzene ring substituents is 1. The highest BCUT2D eigenvalue weighted by molar-refractivity contribution is 5.27. The van der Waals surface area contributed by atoms with E-state index >= 15 is 0 Å². The molecule has 0 spiro atoms. The summed E-state index contributed by atoms with van der Waals surface area (Å²) in [4.78, 5) is 9.59. The topological polar surface area (TPSA) is 43.1 Å². The Bertz CT molecular complexity index is 214. The molecule has 12 heavy (non-hydrogen) atoms. The van der Waals surface area contributed by atoms with Gasteiger partial charge in [-0.3, -0.25) is 10.1 Å². The minimum atomic E-state index is -0.417. The SMILES string of the molecule is CC.O=[N+]([O-])c1ccccc1.[2H]C. The highest BCUT2D eigenvalue weighted by atomic mass is 16.6. The molecule has 0 bridgehead atoms. The average Bonchev–Trinajstić information content (AvgIpc) is 2.25. The molecule has 3 heteroatoms. The fraction of sp³-hybridized carbons (Fsp3) is 0.333. The standard InChI is InChI=1S/C6H5NO2.C2H6.CH4/c8-7(9)6-4-2-1-3-5-6;1-2;/h1-5H;1-2H3;1H4/i;;1D. The van der Waals surface area contributed by atoms with Gasteiger partial charge in [-0.25, -0.2) is 0 Å². The van der Waals surface area contributed by atoms with Crippen molar-refractivity contribution in [1.29, 1.82) is 0 Å². The summed E-state index contributed by atoms with van der Waals surface area (Å²) in [6.07, 6.45) is 0. The molecule has 1 rings (SSSR count). The Morgan fingerprint density at radius 3 is 2.00 bits per heavy atom.